The van der Waals surface area contributed by atoms with Crippen molar-refractivity contribution in [1.29, 1.82) is 0 Å². The number of benzene rings is 1. The lowest BCUT2D eigenvalue weighted by atomic mass is 9.98. The first-order chi connectivity index (χ1) is 8.65. The number of nitrogens with two attached hydrogens (primary N) is 1. The Balaban J connectivity index is 2.23. The minimum absolute atomic E-state index is 0.0744. The van der Waals surface area contributed by atoms with Crippen molar-refractivity contribution in [2.45, 2.75) is 32.7 Å². The standard InChI is InChI=1S/C15H22N2O/c1-11-6-3-4-7-13(11)14-8-5-9-17(14)15(18)12(2)10-16/h3-4,6-7,12,14H,5,8-10,16H2,1-2H3. The SMILES string of the molecule is Cc1ccccc1C1CCCN1C(=O)C(C)CN. The van der Waals surface area contributed by atoms with Gasteiger partial charge in [-0.15, -0.1) is 0 Å². The summed E-state index contributed by atoms with van der Waals surface area (Å²) in [6.45, 7) is 5.32. The van der Waals surface area contributed by atoms with E-state index in [4.69, 9.17) is 5.73 Å². The van der Waals surface area contributed by atoms with Crippen molar-refractivity contribution in [3.63, 3.8) is 0 Å². The maximum absolute atomic E-state index is 12.3. The van der Waals surface area contributed by atoms with Crippen molar-refractivity contribution < 1.29 is 4.79 Å². The van der Waals surface area contributed by atoms with Crippen LogP contribution in [0.1, 0.15) is 36.9 Å². The zero-order valence-electron chi connectivity index (χ0n) is 11.2. The van der Waals surface area contributed by atoms with E-state index in [1.54, 1.807) is 0 Å². The lowest BCUT2D eigenvalue weighted by Gasteiger charge is -2.28. The molecule has 2 atom stereocenters. The minimum atomic E-state index is -0.0744. The van der Waals surface area contributed by atoms with Crippen LogP contribution < -0.4 is 5.73 Å². The zero-order chi connectivity index (χ0) is 13.1. The fourth-order valence-corrected chi connectivity index (χ4v) is 2.70. The van der Waals surface area contributed by atoms with Gasteiger partial charge in [-0.3, -0.25) is 4.79 Å². The molecule has 0 radical (unpaired) electrons. The third-order valence-corrected chi connectivity index (χ3v) is 3.86. The molecule has 2 unspecified atom stereocenters. The number of carbonyl (C=O) groups is 1. The average Bonchev–Trinajstić information content (AvgIpc) is 2.86. The third-order valence-electron chi connectivity index (χ3n) is 3.86. The van der Waals surface area contributed by atoms with Crippen LogP contribution in [0.4, 0.5) is 0 Å². The molecule has 0 aliphatic carbocycles. The molecule has 3 nitrogen and oxygen atoms in total. The summed E-state index contributed by atoms with van der Waals surface area (Å²) in [5, 5.41) is 0. The highest BCUT2D eigenvalue weighted by molar-refractivity contribution is 5.79. The molecular formula is C15H22N2O. The van der Waals surface area contributed by atoms with Gasteiger partial charge in [-0.05, 0) is 30.9 Å². The summed E-state index contributed by atoms with van der Waals surface area (Å²) in [7, 11) is 0. The first kappa shape index (κ1) is 13.1. The van der Waals surface area contributed by atoms with E-state index in [9.17, 15) is 4.79 Å². The van der Waals surface area contributed by atoms with E-state index in [1.807, 2.05) is 17.9 Å². The van der Waals surface area contributed by atoms with Gasteiger partial charge in [-0.25, -0.2) is 0 Å². The molecule has 1 saturated heterocycles. The molecule has 1 aromatic rings. The molecule has 98 valence electrons. The Labute approximate surface area is 109 Å². The van der Waals surface area contributed by atoms with Crippen LogP contribution in [0.3, 0.4) is 0 Å². The van der Waals surface area contributed by atoms with E-state index < -0.39 is 0 Å². The number of hydrogen-bond donors (Lipinski definition) is 1. The summed E-state index contributed by atoms with van der Waals surface area (Å²) in [5.41, 5.74) is 8.16. The van der Waals surface area contributed by atoms with Crippen LogP contribution in [0.15, 0.2) is 24.3 Å². The fraction of sp³-hybridized carbons (Fsp3) is 0.533. The molecule has 1 heterocycles. The zero-order valence-corrected chi connectivity index (χ0v) is 11.2. The summed E-state index contributed by atoms with van der Waals surface area (Å²) >= 11 is 0. The van der Waals surface area contributed by atoms with Gasteiger partial charge in [-0.1, -0.05) is 31.2 Å². The average molecular weight is 246 g/mol. The van der Waals surface area contributed by atoms with Gasteiger partial charge in [-0.2, -0.15) is 0 Å². The molecule has 2 N–H and O–H groups in total. The number of amides is 1. The summed E-state index contributed by atoms with van der Waals surface area (Å²) in [6.07, 6.45) is 2.15. The summed E-state index contributed by atoms with van der Waals surface area (Å²) in [6, 6.07) is 8.59. The predicted octanol–water partition coefficient (Wildman–Crippen LogP) is 2.25. The normalized spacial score (nSPS) is 21.1. The van der Waals surface area contributed by atoms with E-state index in [0.29, 0.717) is 6.54 Å². The van der Waals surface area contributed by atoms with Gasteiger partial charge < -0.3 is 10.6 Å². The van der Waals surface area contributed by atoms with Crippen LogP contribution >= 0.6 is 0 Å². The van der Waals surface area contributed by atoms with Crippen LogP contribution in [0.25, 0.3) is 0 Å². The first-order valence-electron chi connectivity index (χ1n) is 6.71. The number of hydrogen-bond acceptors (Lipinski definition) is 2. The number of nitrogens with zero attached hydrogens (tertiary/aromatic N) is 1. The number of likely N-dealkylation sites (tertiary alicyclic amines) is 1. The van der Waals surface area contributed by atoms with Gasteiger partial charge in [0.2, 0.25) is 5.91 Å². The second-order valence-corrected chi connectivity index (χ2v) is 5.18. The Hall–Kier alpha value is -1.35. The third kappa shape index (κ3) is 2.41. The van der Waals surface area contributed by atoms with Crippen molar-refractivity contribution in [2.24, 2.45) is 11.7 Å². The van der Waals surface area contributed by atoms with Crippen molar-refractivity contribution in [2.75, 3.05) is 13.1 Å². The van der Waals surface area contributed by atoms with Crippen LogP contribution in [0.5, 0.6) is 0 Å². The Morgan fingerprint density at radius 2 is 2.22 bits per heavy atom. The fourth-order valence-electron chi connectivity index (χ4n) is 2.70. The molecule has 3 heteroatoms. The van der Waals surface area contributed by atoms with E-state index in [-0.39, 0.29) is 17.9 Å². The van der Waals surface area contributed by atoms with Gasteiger partial charge >= 0.3 is 0 Å². The molecule has 18 heavy (non-hydrogen) atoms. The quantitative estimate of drug-likeness (QED) is 0.889. The molecule has 0 saturated carbocycles. The van der Waals surface area contributed by atoms with Gasteiger partial charge in [0, 0.05) is 19.0 Å². The lowest BCUT2D eigenvalue weighted by Crippen LogP contribution is -2.37. The van der Waals surface area contributed by atoms with Crippen LogP contribution in [0, 0.1) is 12.8 Å². The van der Waals surface area contributed by atoms with E-state index in [2.05, 4.69) is 25.1 Å². The molecule has 0 spiro atoms. The van der Waals surface area contributed by atoms with Gasteiger partial charge in [0.25, 0.3) is 0 Å². The Bertz CT molecular complexity index is 430. The molecule has 1 aliphatic heterocycles. The lowest BCUT2D eigenvalue weighted by molar-refractivity contribution is -0.135. The number of rotatable bonds is 3. The molecule has 0 aromatic heterocycles. The summed E-state index contributed by atoms with van der Waals surface area (Å²) < 4.78 is 0. The predicted molar refractivity (Wildman–Crippen MR) is 73.1 cm³/mol. The van der Waals surface area contributed by atoms with Crippen LogP contribution in [0.2, 0.25) is 0 Å². The van der Waals surface area contributed by atoms with Crippen molar-refractivity contribution in [3.05, 3.63) is 35.4 Å². The van der Waals surface area contributed by atoms with Crippen LogP contribution in [-0.2, 0) is 4.79 Å². The molecule has 1 aromatic carbocycles. The van der Waals surface area contributed by atoms with Gasteiger partial charge in [0.05, 0.1) is 6.04 Å². The molecule has 1 fully saturated rings. The van der Waals surface area contributed by atoms with E-state index in [1.165, 1.54) is 11.1 Å². The maximum Gasteiger partial charge on any atom is 0.227 e. The highest BCUT2D eigenvalue weighted by atomic mass is 16.2. The van der Waals surface area contributed by atoms with Crippen molar-refractivity contribution in [1.82, 2.24) is 4.90 Å². The Kier molecular flexibility index (Phi) is 4.02. The highest BCUT2D eigenvalue weighted by Crippen LogP contribution is 2.34. The summed E-state index contributed by atoms with van der Waals surface area (Å²) in [5.74, 6) is 0.123. The van der Waals surface area contributed by atoms with Crippen molar-refractivity contribution in [3.8, 4) is 0 Å². The second-order valence-electron chi connectivity index (χ2n) is 5.18. The Morgan fingerprint density at radius 1 is 1.50 bits per heavy atom. The monoisotopic (exact) mass is 246 g/mol. The summed E-state index contributed by atoms with van der Waals surface area (Å²) in [4.78, 5) is 14.3. The molecule has 1 aliphatic rings. The maximum atomic E-state index is 12.3. The van der Waals surface area contributed by atoms with E-state index in [0.717, 1.165) is 19.4 Å². The van der Waals surface area contributed by atoms with Gasteiger partial charge in [0.1, 0.15) is 0 Å². The number of aryl methyl sites for hydroxylation is 1. The second kappa shape index (κ2) is 5.53. The Morgan fingerprint density at radius 3 is 2.89 bits per heavy atom. The molecule has 2 rings (SSSR count). The minimum Gasteiger partial charge on any atom is -0.335 e. The van der Waals surface area contributed by atoms with Crippen molar-refractivity contribution >= 4 is 5.91 Å². The molecular weight excluding hydrogens is 224 g/mol. The highest BCUT2D eigenvalue weighted by Gasteiger charge is 2.32. The molecule has 0 bridgehead atoms. The first-order valence-corrected chi connectivity index (χ1v) is 6.71. The largest absolute Gasteiger partial charge is 0.335 e. The van der Waals surface area contributed by atoms with Gasteiger partial charge in [0.15, 0.2) is 0 Å². The topological polar surface area (TPSA) is 46.3 Å². The molecule has 1 amide bonds. The van der Waals surface area contributed by atoms with E-state index >= 15 is 0 Å². The number of carbonyl (C=O) groups excluding carboxylic acids is 1. The smallest absolute Gasteiger partial charge is 0.227 e. The van der Waals surface area contributed by atoms with Crippen LogP contribution in [-0.4, -0.2) is 23.9 Å².